The summed E-state index contributed by atoms with van der Waals surface area (Å²) in [7, 11) is 8.31. The van der Waals surface area contributed by atoms with E-state index in [1.54, 1.807) is 0 Å². The van der Waals surface area contributed by atoms with Crippen LogP contribution >= 0.6 is 0 Å². The summed E-state index contributed by atoms with van der Waals surface area (Å²) in [6.07, 6.45) is 0.988. The van der Waals surface area contributed by atoms with Crippen LogP contribution in [0, 0.1) is 6.92 Å². The number of benzene rings is 2. The Morgan fingerprint density at radius 3 is 1.85 bits per heavy atom. The quantitative estimate of drug-likeness (QED) is 0.834. The highest BCUT2D eigenvalue weighted by molar-refractivity contribution is 5.54. The van der Waals surface area contributed by atoms with Crippen LogP contribution in [0.5, 0.6) is 0 Å². The van der Waals surface area contributed by atoms with Crippen LogP contribution in [0.2, 0.25) is 0 Å². The van der Waals surface area contributed by atoms with Crippen LogP contribution in [0.1, 0.15) is 16.7 Å². The Bertz CT molecular complexity index is 568. The first-order chi connectivity index (χ1) is 9.47. The molecule has 0 aliphatic rings. The molecule has 0 N–H and O–H groups in total. The topological polar surface area (TPSA) is 6.48 Å². The molecule has 0 saturated heterocycles. The fraction of sp³-hybridized carbons (Fsp3) is 0.333. The Hall–Kier alpha value is -1.96. The van der Waals surface area contributed by atoms with E-state index in [1.807, 2.05) is 0 Å². The molecule has 0 radical (unpaired) electrons. The van der Waals surface area contributed by atoms with Crippen molar-refractivity contribution in [1.29, 1.82) is 0 Å². The molecule has 0 atom stereocenters. The maximum atomic E-state index is 2.29. The molecular weight excluding hydrogens is 244 g/mol. The van der Waals surface area contributed by atoms with Gasteiger partial charge in [-0.3, -0.25) is 0 Å². The molecule has 20 heavy (non-hydrogen) atoms. The van der Waals surface area contributed by atoms with Gasteiger partial charge in [0.15, 0.2) is 0 Å². The molecule has 0 fully saturated rings. The number of anilines is 2. The van der Waals surface area contributed by atoms with Crippen LogP contribution in [0.25, 0.3) is 0 Å². The van der Waals surface area contributed by atoms with Crippen molar-refractivity contribution in [1.82, 2.24) is 0 Å². The first-order valence-corrected chi connectivity index (χ1v) is 7.00. The summed E-state index contributed by atoms with van der Waals surface area (Å²) in [4.78, 5) is 4.28. The average Bonchev–Trinajstić information content (AvgIpc) is 2.39. The van der Waals surface area contributed by atoms with Gasteiger partial charge in [0.25, 0.3) is 0 Å². The molecule has 0 aromatic heterocycles. The summed E-state index contributed by atoms with van der Waals surface area (Å²) < 4.78 is 0. The summed E-state index contributed by atoms with van der Waals surface area (Å²) in [5.41, 5.74) is 6.58. The Labute approximate surface area is 122 Å². The minimum atomic E-state index is 0.988. The molecule has 2 nitrogen and oxygen atoms in total. The molecular formula is C18H24N2. The minimum absolute atomic E-state index is 0.988. The van der Waals surface area contributed by atoms with Crippen molar-refractivity contribution in [2.24, 2.45) is 0 Å². The molecule has 106 valence electrons. The number of hydrogen-bond donors (Lipinski definition) is 0. The normalized spacial score (nSPS) is 10.4. The molecule has 0 aliphatic carbocycles. The van der Waals surface area contributed by atoms with Crippen molar-refractivity contribution in [2.75, 3.05) is 38.0 Å². The van der Waals surface area contributed by atoms with Crippen molar-refractivity contribution >= 4 is 11.4 Å². The molecule has 2 aromatic rings. The van der Waals surface area contributed by atoms with Gasteiger partial charge in [-0.25, -0.2) is 0 Å². The maximum Gasteiger partial charge on any atom is 0.0390 e. The van der Waals surface area contributed by atoms with Crippen molar-refractivity contribution < 1.29 is 0 Å². The largest absolute Gasteiger partial charge is 0.378 e. The van der Waals surface area contributed by atoms with Gasteiger partial charge >= 0.3 is 0 Å². The number of hydrogen-bond acceptors (Lipinski definition) is 2. The Morgan fingerprint density at radius 2 is 1.35 bits per heavy atom. The highest BCUT2D eigenvalue weighted by atomic mass is 15.1. The summed E-state index contributed by atoms with van der Waals surface area (Å²) in [6, 6.07) is 15.5. The van der Waals surface area contributed by atoms with E-state index in [0.29, 0.717) is 0 Å². The first-order valence-electron chi connectivity index (χ1n) is 7.00. The maximum absolute atomic E-state index is 2.29. The van der Waals surface area contributed by atoms with E-state index in [0.717, 1.165) is 6.42 Å². The monoisotopic (exact) mass is 268 g/mol. The predicted molar refractivity (Wildman–Crippen MR) is 89.1 cm³/mol. The van der Waals surface area contributed by atoms with Crippen LogP contribution in [0.4, 0.5) is 11.4 Å². The lowest BCUT2D eigenvalue weighted by Gasteiger charge is -2.16. The molecule has 0 saturated carbocycles. The third-order valence-electron chi connectivity index (χ3n) is 3.60. The molecule has 2 heteroatoms. The third kappa shape index (κ3) is 3.32. The standard InChI is InChI=1S/C18H24N2/c1-14-12-16(8-11-18(14)20(4)5)13-15-6-9-17(10-7-15)19(2)3/h6-12H,13H2,1-5H3. The Balaban J connectivity index is 2.15. The van der Waals surface area contributed by atoms with Gasteiger partial charge in [0.05, 0.1) is 0 Å². The highest BCUT2D eigenvalue weighted by Crippen LogP contribution is 2.21. The molecule has 0 aliphatic heterocycles. The minimum Gasteiger partial charge on any atom is -0.378 e. The zero-order valence-electron chi connectivity index (χ0n) is 13.1. The second-order valence-electron chi connectivity index (χ2n) is 5.75. The van der Waals surface area contributed by atoms with Crippen molar-refractivity contribution in [3.63, 3.8) is 0 Å². The fourth-order valence-corrected chi connectivity index (χ4v) is 2.48. The lowest BCUT2D eigenvalue weighted by Crippen LogP contribution is -2.10. The average molecular weight is 268 g/mol. The van der Waals surface area contributed by atoms with E-state index in [1.165, 1.54) is 28.1 Å². The fourth-order valence-electron chi connectivity index (χ4n) is 2.48. The van der Waals surface area contributed by atoms with E-state index in [-0.39, 0.29) is 0 Å². The van der Waals surface area contributed by atoms with Crippen molar-refractivity contribution in [3.05, 3.63) is 59.2 Å². The Morgan fingerprint density at radius 1 is 0.750 bits per heavy atom. The van der Waals surface area contributed by atoms with E-state index < -0.39 is 0 Å². The van der Waals surface area contributed by atoms with Crippen molar-refractivity contribution in [2.45, 2.75) is 13.3 Å². The van der Waals surface area contributed by atoms with Gasteiger partial charge in [0, 0.05) is 39.6 Å². The van der Waals surface area contributed by atoms with Crippen LogP contribution in [-0.2, 0) is 6.42 Å². The smallest absolute Gasteiger partial charge is 0.0390 e. The molecule has 0 heterocycles. The third-order valence-corrected chi connectivity index (χ3v) is 3.60. The highest BCUT2D eigenvalue weighted by Gasteiger charge is 2.03. The zero-order chi connectivity index (χ0) is 14.7. The first kappa shape index (κ1) is 14.4. The van der Waals surface area contributed by atoms with Gasteiger partial charge in [-0.1, -0.05) is 24.3 Å². The lowest BCUT2D eigenvalue weighted by molar-refractivity contribution is 1.10. The second-order valence-corrected chi connectivity index (χ2v) is 5.75. The van der Waals surface area contributed by atoms with Gasteiger partial charge in [0.2, 0.25) is 0 Å². The molecule has 2 rings (SSSR count). The molecule has 0 amide bonds. The van der Waals surface area contributed by atoms with Crippen LogP contribution in [0.3, 0.4) is 0 Å². The van der Waals surface area contributed by atoms with E-state index in [4.69, 9.17) is 0 Å². The van der Waals surface area contributed by atoms with E-state index in [2.05, 4.69) is 87.4 Å². The number of nitrogens with zero attached hydrogens (tertiary/aromatic N) is 2. The summed E-state index contributed by atoms with van der Waals surface area (Å²) in [6.45, 7) is 2.17. The summed E-state index contributed by atoms with van der Waals surface area (Å²) in [5, 5.41) is 0. The van der Waals surface area contributed by atoms with Gasteiger partial charge < -0.3 is 9.80 Å². The number of aryl methyl sites for hydroxylation is 1. The van der Waals surface area contributed by atoms with Crippen LogP contribution < -0.4 is 9.80 Å². The van der Waals surface area contributed by atoms with Crippen molar-refractivity contribution in [3.8, 4) is 0 Å². The lowest BCUT2D eigenvalue weighted by atomic mass is 10.0. The molecule has 2 aromatic carbocycles. The van der Waals surface area contributed by atoms with Gasteiger partial charge in [-0.15, -0.1) is 0 Å². The summed E-state index contributed by atoms with van der Waals surface area (Å²) in [5.74, 6) is 0. The van der Waals surface area contributed by atoms with Gasteiger partial charge in [0.1, 0.15) is 0 Å². The van der Waals surface area contributed by atoms with Gasteiger partial charge in [-0.2, -0.15) is 0 Å². The van der Waals surface area contributed by atoms with E-state index in [9.17, 15) is 0 Å². The second kappa shape index (κ2) is 6.00. The molecule has 0 unspecified atom stereocenters. The van der Waals surface area contributed by atoms with Crippen LogP contribution in [-0.4, -0.2) is 28.2 Å². The summed E-state index contributed by atoms with van der Waals surface area (Å²) >= 11 is 0. The van der Waals surface area contributed by atoms with Gasteiger partial charge in [-0.05, 0) is 48.2 Å². The SMILES string of the molecule is Cc1cc(Cc2ccc(N(C)C)cc2)ccc1N(C)C. The number of rotatable bonds is 4. The zero-order valence-corrected chi connectivity index (χ0v) is 13.1. The van der Waals surface area contributed by atoms with Crippen LogP contribution in [0.15, 0.2) is 42.5 Å². The molecule has 0 spiro atoms. The predicted octanol–water partition coefficient (Wildman–Crippen LogP) is 3.72. The van der Waals surface area contributed by atoms with E-state index >= 15 is 0 Å². The Kier molecular flexibility index (Phi) is 4.33. The molecule has 0 bridgehead atoms.